The predicted molar refractivity (Wildman–Crippen MR) is 115 cm³/mol. The highest BCUT2D eigenvalue weighted by atomic mass is 16.5. The Morgan fingerprint density at radius 2 is 1.63 bits per heavy atom. The van der Waals surface area contributed by atoms with E-state index >= 15 is 0 Å². The number of rotatable bonds is 10. The fraction of sp³-hybridized carbons (Fsp3) is 0.292. The average molecular weight is 409 g/mol. The molecular formula is C24H27NO5. The van der Waals surface area contributed by atoms with Gasteiger partial charge in [-0.25, -0.2) is 4.79 Å². The highest BCUT2D eigenvalue weighted by Gasteiger charge is 2.21. The lowest BCUT2D eigenvalue weighted by Gasteiger charge is -2.21. The van der Waals surface area contributed by atoms with Gasteiger partial charge in [0.2, 0.25) is 5.91 Å². The molecule has 0 saturated carbocycles. The highest BCUT2D eigenvalue weighted by Crippen LogP contribution is 2.21. The zero-order chi connectivity index (χ0) is 21.9. The van der Waals surface area contributed by atoms with Gasteiger partial charge in [-0.1, -0.05) is 61.5 Å². The first-order valence-corrected chi connectivity index (χ1v) is 9.91. The van der Waals surface area contributed by atoms with Crippen LogP contribution in [-0.4, -0.2) is 35.6 Å². The van der Waals surface area contributed by atoms with Gasteiger partial charge in [-0.05, 0) is 36.5 Å². The van der Waals surface area contributed by atoms with E-state index in [1.54, 1.807) is 13.8 Å². The lowest BCUT2D eigenvalue weighted by atomic mass is 9.95. The third kappa shape index (κ3) is 7.54. The molecule has 0 bridgehead atoms. The molecule has 1 amide bonds. The van der Waals surface area contributed by atoms with E-state index in [0.29, 0.717) is 19.4 Å². The van der Waals surface area contributed by atoms with Gasteiger partial charge < -0.3 is 15.2 Å². The summed E-state index contributed by atoms with van der Waals surface area (Å²) in [6.07, 6.45) is 2.65. The fourth-order valence-corrected chi connectivity index (χ4v) is 3.15. The van der Waals surface area contributed by atoms with Gasteiger partial charge in [0.1, 0.15) is 0 Å². The molecule has 0 saturated heterocycles. The van der Waals surface area contributed by atoms with Crippen molar-refractivity contribution in [1.29, 1.82) is 0 Å². The quantitative estimate of drug-likeness (QED) is 0.462. The van der Waals surface area contributed by atoms with Crippen LogP contribution in [0.4, 0.5) is 0 Å². The average Bonchev–Trinajstić information content (AvgIpc) is 2.73. The van der Waals surface area contributed by atoms with Crippen molar-refractivity contribution in [3.8, 4) is 11.1 Å². The Bertz CT molecular complexity index is 874. The van der Waals surface area contributed by atoms with Gasteiger partial charge in [0, 0.05) is 18.2 Å². The van der Waals surface area contributed by atoms with E-state index in [1.807, 2.05) is 54.6 Å². The van der Waals surface area contributed by atoms with Crippen LogP contribution in [0.15, 0.2) is 66.7 Å². The highest BCUT2D eigenvalue weighted by molar-refractivity contribution is 5.94. The Labute approximate surface area is 176 Å². The summed E-state index contributed by atoms with van der Waals surface area (Å²) >= 11 is 0. The number of amides is 1. The lowest BCUT2D eigenvalue weighted by molar-refractivity contribution is -0.148. The van der Waals surface area contributed by atoms with Crippen molar-refractivity contribution in [2.45, 2.75) is 32.7 Å². The number of hydrogen-bond acceptors (Lipinski definition) is 4. The first-order valence-electron chi connectivity index (χ1n) is 9.91. The topological polar surface area (TPSA) is 92.7 Å². The molecule has 0 aromatic heterocycles. The van der Waals surface area contributed by atoms with Crippen LogP contribution >= 0.6 is 0 Å². The van der Waals surface area contributed by atoms with Crippen LogP contribution in [0.1, 0.15) is 25.8 Å². The van der Waals surface area contributed by atoms with Crippen molar-refractivity contribution < 1.29 is 24.2 Å². The number of esters is 1. The SMILES string of the molecule is CCOC(=O)[C@H](C)C[C@@H](Cc1ccc(-c2ccccc2)cc1)NC(=O)C=CC(=O)O. The van der Waals surface area contributed by atoms with Crippen LogP contribution in [0.25, 0.3) is 11.1 Å². The minimum absolute atomic E-state index is 0.294. The summed E-state index contributed by atoms with van der Waals surface area (Å²) in [5, 5.41) is 11.5. The van der Waals surface area contributed by atoms with Gasteiger partial charge in [0.25, 0.3) is 0 Å². The van der Waals surface area contributed by atoms with Crippen LogP contribution in [0, 0.1) is 5.92 Å². The first kappa shape index (κ1) is 22.9. The van der Waals surface area contributed by atoms with E-state index in [2.05, 4.69) is 5.32 Å². The molecule has 0 aliphatic carbocycles. The van der Waals surface area contributed by atoms with Gasteiger partial charge in [0.15, 0.2) is 0 Å². The minimum atomic E-state index is -1.20. The molecule has 0 aliphatic rings. The Morgan fingerprint density at radius 1 is 1.00 bits per heavy atom. The zero-order valence-electron chi connectivity index (χ0n) is 17.2. The maximum atomic E-state index is 12.1. The van der Waals surface area contributed by atoms with Gasteiger partial charge >= 0.3 is 11.9 Å². The van der Waals surface area contributed by atoms with Gasteiger partial charge in [-0.2, -0.15) is 0 Å². The molecule has 6 nitrogen and oxygen atoms in total. The van der Waals surface area contributed by atoms with E-state index in [9.17, 15) is 14.4 Å². The molecule has 0 aliphatic heterocycles. The summed E-state index contributed by atoms with van der Waals surface area (Å²) in [6, 6.07) is 17.7. The van der Waals surface area contributed by atoms with Crippen LogP contribution in [-0.2, 0) is 25.5 Å². The van der Waals surface area contributed by atoms with E-state index in [-0.39, 0.29) is 12.0 Å². The zero-order valence-corrected chi connectivity index (χ0v) is 17.2. The number of hydrogen-bond donors (Lipinski definition) is 2. The van der Waals surface area contributed by atoms with E-state index in [1.165, 1.54) is 0 Å². The molecule has 30 heavy (non-hydrogen) atoms. The van der Waals surface area contributed by atoms with Crippen LogP contribution in [0.5, 0.6) is 0 Å². The summed E-state index contributed by atoms with van der Waals surface area (Å²) < 4.78 is 5.06. The molecular weight excluding hydrogens is 382 g/mol. The summed E-state index contributed by atoms with van der Waals surface area (Å²) in [5.41, 5.74) is 3.20. The Kier molecular flexibility index (Phi) is 8.81. The molecule has 0 spiro atoms. The first-order chi connectivity index (χ1) is 14.4. The predicted octanol–water partition coefficient (Wildman–Crippen LogP) is 3.61. The van der Waals surface area contributed by atoms with Crippen molar-refractivity contribution >= 4 is 17.8 Å². The summed E-state index contributed by atoms with van der Waals surface area (Å²) in [4.78, 5) is 34.7. The number of carboxylic acids is 1. The molecule has 2 rings (SSSR count). The fourth-order valence-electron chi connectivity index (χ4n) is 3.15. The second-order valence-electron chi connectivity index (χ2n) is 7.03. The summed E-state index contributed by atoms with van der Waals surface area (Å²) in [5.74, 6) is -2.43. The summed E-state index contributed by atoms with van der Waals surface area (Å²) in [7, 11) is 0. The number of carboxylic acid groups (broad SMARTS) is 1. The normalized spacial score (nSPS) is 12.9. The van der Waals surface area contributed by atoms with Crippen LogP contribution < -0.4 is 5.32 Å². The molecule has 2 aromatic rings. The third-order valence-corrected chi connectivity index (χ3v) is 4.59. The van der Waals surface area contributed by atoms with Crippen LogP contribution in [0.2, 0.25) is 0 Å². The number of nitrogens with one attached hydrogen (secondary N) is 1. The second kappa shape index (κ2) is 11.6. The van der Waals surface area contributed by atoms with Gasteiger partial charge in [-0.15, -0.1) is 0 Å². The maximum absolute atomic E-state index is 12.1. The molecule has 2 N–H and O–H groups in total. The minimum Gasteiger partial charge on any atom is -0.478 e. The molecule has 0 fully saturated rings. The van der Waals surface area contributed by atoms with E-state index in [0.717, 1.165) is 28.8 Å². The molecule has 0 heterocycles. The Morgan fingerprint density at radius 3 is 2.23 bits per heavy atom. The van der Waals surface area contributed by atoms with Crippen molar-refractivity contribution in [3.63, 3.8) is 0 Å². The molecule has 0 radical (unpaired) electrons. The molecule has 158 valence electrons. The summed E-state index contributed by atoms with van der Waals surface area (Å²) in [6.45, 7) is 3.79. The number of carbonyl (C=O) groups is 3. The number of aliphatic carboxylic acids is 1. The molecule has 6 heteroatoms. The Hall–Kier alpha value is -3.41. The number of benzene rings is 2. The maximum Gasteiger partial charge on any atom is 0.328 e. The third-order valence-electron chi connectivity index (χ3n) is 4.59. The van der Waals surface area contributed by atoms with Crippen molar-refractivity contribution in [2.75, 3.05) is 6.61 Å². The lowest BCUT2D eigenvalue weighted by Crippen LogP contribution is -2.38. The van der Waals surface area contributed by atoms with Crippen molar-refractivity contribution in [3.05, 3.63) is 72.3 Å². The van der Waals surface area contributed by atoms with Crippen LogP contribution in [0.3, 0.4) is 0 Å². The molecule has 0 unspecified atom stereocenters. The smallest absolute Gasteiger partial charge is 0.328 e. The molecule has 2 aromatic carbocycles. The van der Waals surface area contributed by atoms with Gasteiger partial charge in [-0.3, -0.25) is 9.59 Å². The van der Waals surface area contributed by atoms with Gasteiger partial charge in [0.05, 0.1) is 12.5 Å². The van der Waals surface area contributed by atoms with E-state index in [4.69, 9.17) is 9.84 Å². The standard InChI is InChI=1S/C24H27NO5/c1-3-30-24(29)17(2)15-21(25-22(26)13-14-23(27)28)16-18-9-11-20(12-10-18)19-7-5-4-6-8-19/h4-14,17,21H,3,15-16H2,1-2H3,(H,25,26)(H,27,28)/t17-,21+/m1/s1. The molecule has 2 atom stereocenters. The van der Waals surface area contributed by atoms with Crippen molar-refractivity contribution in [2.24, 2.45) is 5.92 Å². The van der Waals surface area contributed by atoms with Crippen molar-refractivity contribution in [1.82, 2.24) is 5.32 Å². The largest absolute Gasteiger partial charge is 0.478 e. The number of carbonyl (C=O) groups excluding carboxylic acids is 2. The number of ether oxygens (including phenoxy) is 1. The monoisotopic (exact) mass is 409 g/mol. The van der Waals surface area contributed by atoms with E-state index < -0.39 is 17.8 Å². The Balaban J connectivity index is 2.11. The second-order valence-corrected chi connectivity index (χ2v) is 7.03.